The molecule has 0 amide bonds. The fraction of sp³-hybridized carbons (Fsp3) is 0.667. The lowest BCUT2D eigenvalue weighted by Gasteiger charge is -2.30. The Morgan fingerprint density at radius 1 is 1.71 bits per heavy atom. The molecule has 0 rings (SSSR count). The van der Waals surface area contributed by atoms with E-state index in [4.69, 9.17) is 0 Å². The molecule has 0 saturated carbocycles. The van der Waals surface area contributed by atoms with E-state index in [0.29, 0.717) is 0 Å². The molecule has 0 aromatic heterocycles. The van der Waals surface area contributed by atoms with Crippen molar-refractivity contribution in [2.45, 2.75) is 26.7 Å². The van der Waals surface area contributed by atoms with Gasteiger partial charge in [0.25, 0.3) is 0 Å². The van der Waals surface area contributed by atoms with Crippen LogP contribution in [0.3, 0.4) is 0 Å². The maximum absolute atomic E-state index is 11.4. The van der Waals surface area contributed by atoms with Gasteiger partial charge in [0.1, 0.15) is 6.04 Å². The van der Waals surface area contributed by atoms with E-state index < -0.39 is 24.5 Å². The van der Waals surface area contributed by atoms with Gasteiger partial charge in [-0.2, -0.15) is 0 Å². The van der Waals surface area contributed by atoms with Crippen molar-refractivity contribution in [1.29, 1.82) is 0 Å². The average molecular weight is 199 g/mol. The smallest absolute Gasteiger partial charge is 0.374 e. The molecule has 4 nitrogen and oxygen atoms in total. The van der Waals surface area contributed by atoms with Crippen LogP contribution in [0.2, 0.25) is 6.82 Å². The predicted molar refractivity (Wildman–Crippen MR) is 56.8 cm³/mol. The molecule has 5 heteroatoms. The standard InChI is InChI=1S/C9H18BNO3/c1-6-9(2,3)7(8(12)14-5)11-10(4)13/h6-7,11,13H,1H2,2-5H3/t7-/m1/s1. The van der Waals surface area contributed by atoms with Crippen LogP contribution in [0, 0.1) is 5.41 Å². The van der Waals surface area contributed by atoms with E-state index in [-0.39, 0.29) is 0 Å². The number of ether oxygens (including phenoxy) is 1. The second kappa shape index (κ2) is 5.17. The molecule has 0 unspecified atom stereocenters. The van der Waals surface area contributed by atoms with Crippen molar-refractivity contribution in [3.63, 3.8) is 0 Å². The predicted octanol–water partition coefficient (Wildman–Crippen LogP) is 0.440. The number of methoxy groups -OCH3 is 1. The topological polar surface area (TPSA) is 58.6 Å². The van der Waals surface area contributed by atoms with E-state index in [1.165, 1.54) is 7.11 Å². The van der Waals surface area contributed by atoms with Crippen LogP contribution in [0.5, 0.6) is 0 Å². The molecule has 0 aliphatic rings. The molecule has 0 aromatic carbocycles. The Morgan fingerprint density at radius 2 is 2.21 bits per heavy atom. The third kappa shape index (κ3) is 3.51. The van der Waals surface area contributed by atoms with Crippen LogP contribution in [0.25, 0.3) is 0 Å². The maximum Gasteiger partial charge on any atom is 0.374 e. The molecule has 2 N–H and O–H groups in total. The zero-order valence-electron chi connectivity index (χ0n) is 9.20. The lowest BCUT2D eigenvalue weighted by molar-refractivity contribution is -0.144. The fourth-order valence-electron chi connectivity index (χ4n) is 1.06. The van der Waals surface area contributed by atoms with Crippen molar-refractivity contribution >= 4 is 13.0 Å². The summed E-state index contributed by atoms with van der Waals surface area (Å²) in [5.41, 5.74) is -0.468. The first-order chi connectivity index (χ1) is 6.35. The van der Waals surface area contributed by atoms with Gasteiger partial charge in [-0.3, -0.25) is 4.79 Å². The monoisotopic (exact) mass is 199 g/mol. The third-order valence-electron chi connectivity index (χ3n) is 2.11. The third-order valence-corrected chi connectivity index (χ3v) is 2.11. The lowest BCUT2D eigenvalue weighted by Crippen LogP contribution is -2.52. The summed E-state index contributed by atoms with van der Waals surface area (Å²) in [6, 6.07) is -0.593. The minimum atomic E-state index is -0.765. The van der Waals surface area contributed by atoms with Gasteiger partial charge in [-0.15, -0.1) is 6.58 Å². The summed E-state index contributed by atoms with van der Waals surface area (Å²) < 4.78 is 4.64. The molecule has 0 fully saturated rings. The first kappa shape index (κ1) is 13.2. The highest BCUT2D eigenvalue weighted by atomic mass is 16.5. The van der Waals surface area contributed by atoms with Crippen LogP contribution in [0.4, 0.5) is 0 Å². The van der Waals surface area contributed by atoms with E-state index >= 15 is 0 Å². The normalized spacial score (nSPS) is 13.2. The Balaban J connectivity index is 4.71. The zero-order chi connectivity index (χ0) is 11.4. The number of hydrogen-bond donors (Lipinski definition) is 2. The molecule has 0 heterocycles. The number of hydrogen-bond acceptors (Lipinski definition) is 4. The van der Waals surface area contributed by atoms with Gasteiger partial charge in [-0.25, -0.2) is 0 Å². The van der Waals surface area contributed by atoms with Gasteiger partial charge in [-0.05, 0) is 6.82 Å². The number of carbonyl (C=O) groups is 1. The maximum atomic E-state index is 11.4. The van der Waals surface area contributed by atoms with Crippen molar-refractivity contribution in [2.24, 2.45) is 5.41 Å². The Morgan fingerprint density at radius 3 is 2.50 bits per heavy atom. The summed E-state index contributed by atoms with van der Waals surface area (Å²) in [4.78, 5) is 11.4. The Bertz CT molecular complexity index is 216. The van der Waals surface area contributed by atoms with E-state index in [0.717, 1.165) is 0 Å². The van der Waals surface area contributed by atoms with Crippen LogP contribution < -0.4 is 5.23 Å². The molecule has 0 saturated heterocycles. The minimum absolute atomic E-state index is 0.407. The fourth-order valence-corrected chi connectivity index (χ4v) is 1.06. The van der Waals surface area contributed by atoms with Gasteiger partial charge in [-0.1, -0.05) is 19.9 Å². The molecule has 0 radical (unpaired) electrons. The molecule has 0 spiro atoms. The largest absolute Gasteiger partial charge is 0.468 e. The second-order valence-corrected chi connectivity index (χ2v) is 3.82. The number of esters is 1. The van der Waals surface area contributed by atoms with Crippen molar-refractivity contribution in [1.82, 2.24) is 5.23 Å². The highest BCUT2D eigenvalue weighted by molar-refractivity contribution is 6.46. The SMILES string of the molecule is C=CC(C)(C)[C@H](NB(C)O)C(=O)OC. The minimum Gasteiger partial charge on any atom is -0.468 e. The van der Waals surface area contributed by atoms with Gasteiger partial charge < -0.3 is 15.0 Å². The van der Waals surface area contributed by atoms with Gasteiger partial charge >= 0.3 is 13.0 Å². The van der Waals surface area contributed by atoms with Gasteiger partial charge in [0.15, 0.2) is 0 Å². The van der Waals surface area contributed by atoms with Crippen molar-refractivity contribution in [3.8, 4) is 0 Å². The van der Waals surface area contributed by atoms with Crippen LogP contribution in [0.1, 0.15) is 13.8 Å². The molecule has 0 aromatic rings. The Hall–Kier alpha value is -0.805. The Kier molecular flexibility index (Phi) is 4.87. The summed E-state index contributed by atoms with van der Waals surface area (Å²) in [5, 5.41) is 11.9. The summed E-state index contributed by atoms with van der Waals surface area (Å²) in [6.45, 7) is 8.89. The summed E-state index contributed by atoms with van der Waals surface area (Å²) in [7, 11) is 0.552. The first-order valence-electron chi connectivity index (χ1n) is 4.50. The molecule has 0 bridgehead atoms. The summed E-state index contributed by atoms with van der Waals surface area (Å²) >= 11 is 0. The van der Waals surface area contributed by atoms with Gasteiger partial charge in [0.2, 0.25) is 0 Å². The van der Waals surface area contributed by atoms with E-state index in [2.05, 4.69) is 16.5 Å². The number of rotatable bonds is 5. The van der Waals surface area contributed by atoms with Crippen LogP contribution in [-0.4, -0.2) is 31.2 Å². The number of carbonyl (C=O) groups excluding carboxylic acids is 1. The number of nitrogens with one attached hydrogen (secondary N) is 1. The average Bonchev–Trinajstić information content (AvgIpc) is 2.12. The zero-order valence-corrected chi connectivity index (χ0v) is 9.20. The second-order valence-electron chi connectivity index (χ2n) is 3.82. The summed E-state index contributed by atoms with van der Waals surface area (Å²) in [5.74, 6) is -0.407. The molecule has 14 heavy (non-hydrogen) atoms. The molecular formula is C9H18BNO3. The summed E-state index contributed by atoms with van der Waals surface area (Å²) in [6.07, 6.45) is 1.66. The lowest BCUT2D eigenvalue weighted by atomic mass is 9.78. The van der Waals surface area contributed by atoms with Crippen LogP contribution in [0.15, 0.2) is 12.7 Å². The molecule has 80 valence electrons. The van der Waals surface area contributed by atoms with Crippen molar-refractivity contribution in [2.75, 3.05) is 7.11 Å². The van der Waals surface area contributed by atoms with Gasteiger partial charge in [0.05, 0.1) is 7.11 Å². The van der Waals surface area contributed by atoms with Crippen molar-refractivity contribution in [3.05, 3.63) is 12.7 Å². The van der Waals surface area contributed by atoms with E-state index in [9.17, 15) is 9.82 Å². The molecule has 1 atom stereocenters. The van der Waals surface area contributed by atoms with Crippen molar-refractivity contribution < 1.29 is 14.6 Å². The highest BCUT2D eigenvalue weighted by Crippen LogP contribution is 2.22. The van der Waals surface area contributed by atoms with Gasteiger partial charge in [0, 0.05) is 5.41 Å². The molecular weight excluding hydrogens is 181 g/mol. The first-order valence-corrected chi connectivity index (χ1v) is 4.50. The van der Waals surface area contributed by atoms with E-state index in [1.54, 1.807) is 12.9 Å². The van der Waals surface area contributed by atoms with Crippen LogP contribution in [-0.2, 0) is 9.53 Å². The van der Waals surface area contributed by atoms with Crippen LogP contribution >= 0.6 is 0 Å². The quantitative estimate of drug-likeness (QED) is 0.383. The highest BCUT2D eigenvalue weighted by Gasteiger charge is 2.34. The molecule has 0 aliphatic heterocycles. The molecule has 0 aliphatic carbocycles. The Labute approximate surface area is 85.5 Å². The van der Waals surface area contributed by atoms with E-state index in [1.807, 2.05) is 13.8 Å².